The number of hydrogen-bond acceptors (Lipinski definition) is 3. The maximum Gasteiger partial charge on any atom is 0.214 e. The minimum absolute atomic E-state index is 0.0766. The molecule has 106 valence electrons. The van der Waals surface area contributed by atoms with E-state index in [1.807, 2.05) is 13.0 Å². The standard InChI is InChI=1S/C14H21NO3S/c1-4-11-19(17,18)15(5-2)12(3)14(16)13-9-7-6-8-10-13/h6-10,12H,4-5,11H2,1-3H3/t12-/m0/s1. The lowest BCUT2D eigenvalue weighted by molar-refractivity contribution is 0.0910. The molecule has 1 atom stereocenters. The van der Waals surface area contributed by atoms with Gasteiger partial charge < -0.3 is 0 Å². The van der Waals surface area contributed by atoms with E-state index in [9.17, 15) is 13.2 Å². The third kappa shape index (κ3) is 3.88. The molecule has 4 nitrogen and oxygen atoms in total. The molecular weight excluding hydrogens is 262 g/mol. The van der Waals surface area contributed by atoms with E-state index in [1.54, 1.807) is 38.1 Å². The van der Waals surface area contributed by atoms with Crippen LogP contribution in [0.2, 0.25) is 0 Å². The molecule has 5 heteroatoms. The summed E-state index contributed by atoms with van der Waals surface area (Å²) in [6.45, 7) is 5.52. The van der Waals surface area contributed by atoms with Crippen molar-refractivity contribution in [2.45, 2.75) is 33.2 Å². The van der Waals surface area contributed by atoms with Crippen LogP contribution in [0.4, 0.5) is 0 Å². The lowest BCUT2D eigenvalue weighted by Gasteiger charge is -2.26. The number of benzene rings is 1. The first-order chi connectivity index (χ1) is 8.94. The van der Waals surface area contributed by atoms with Crippen LogP contribution in [0.5, 0.6) is 0 Å². The van der Waals surface area contributed by atoms with Gasteiger partial charge in [-0.3, -0.25) is 4.79 Å². The van der Waals surface area contributed by atoms with Crippen molar-refractivity contribution in [2.24, 2.45) is 0 Å². The van der Waals surface area contributed by atoms with Crippen molar-refractivity contribution >= 4 is 15.8 Å². The van der Waals surface area contributed by atoms with E-state index in [0.717, 1.165) is 0 Å². The smallest absolute Gasteiger partial charge is 0.214 e. The number of Topliss-reactive ketones (excluding diaryl/α,β-unsaturated/α-hetero) is 1. The van der Waals surface area contributed by atoms with Gasteiger partial charge >= 0.3 is 0 Å². The van der Waals surface area contributed by atoms with Crippen LogP contribution in [0, 0.1) is 0 Å². The Hall–Kier alpha value is -1.20. The van der Waals surface area contributed by atoms with Crippen LogP contribution in [0.25, 0.3) is 0 Å². The van der Waals surface area contributed by atoms with Gasteiger partial charge in [0.1, 0.15) is 0 Å². The van der Waals surface area contributed by atoms with Crippen molar-refractivity contribution in [2.75, 3.05) is 12.3 Å². The Morgan fingerprint density at radius 2 is 1.79 bits per heavy atom. The maximum absolute atomic E-state index is 12.3. The number of rotatable bonds is 7. The van der Waals surface area contributed by atoms with Crippen LogP contribution in [-0.2, 0) is 10.0 Å². The average molecular weight is 283 g/mol. The Morgan fingerprint density at radius 3 is 2.26 bits per heavy atom. The van der Waals surface area contributed by atoms with Crippen LogP contribution in [0.15, 0.2) is 30.3 Å². The highest BCUT2D eigenvalue weighted by atomic mass is 32.2. The average Bonchev–Trinajstić information content (AvgIpc) is 2.39. The van der Waals surface area contributed by atoms with Gasteiger partial charge in [0, 0.05) is 12.1 Å². The minimum atomic E-state index is -3.36. The molecule has 0 aliphatic rings. The first-order valence-corrected chi connectivity index (χ1v) is 8.13. The first-order valence-electron chi connectivity index (χ1n) is 6.52. The Kier molecular flexibility index (Phi) is 5.69. The van der Waals surface area contributed by atoms with Gasteiger partial charge in [0.2, 0.25) is 10.0 Å². The monoisotopic (exact) mass is 283 g/mol. The van der Waals surface area contributed by atoms with Gasteiger partial charge in [0.25, 0.3) is 0 Å². The van der Waals surface area contributed by atoms with Crippen LogP contribution in [0.3, 0.4) is 0 Å². The summed E-state index contributed by atoms with van der Waals surface area (Å²) in [5.74, 6) is -0.0881. The first kappa shape index (κ1) is 15.9. The summed E-state index contributed by atoms with van der Waals surface area (Å²) in [4.78, 5) is 12.3. The van der Waals surface area contributed by atoms with Gasteiger partial charge in [-0.25, -0.2) is 8.42 Å². The van der Waals surface area contributed by atoms with Crippen LogP contribution < -0.4 is 0 Å². The second-order valence-corrected chi connectivity index (χ2v) is 6.47. The van der Waals surface area contributed by atoms with E-state index < -0.39 is 16.1 Å². The van der Waals surface area contributed by atoms with Gasteiger partial charge in [0.05, 0.1) is 11.8 Å². The molecule has 0 amide bonds. The third-order valence-corrected chi connectivity index (χ3v) is 5.21. The molecule has 0 saturated carbocycles. The molecule has 0 aliphatic heterocycles. The Labute approximate surface area is 115 Å². The third-order valence-electron chi connectivity index (χ3n) is 3.00. The van der Waals surface area contributed by atoms with E-state index in [0.29, 0.717) is 18.5 Å². The number of ketones is 1. The number of carbonyl (C=O) groups excluding carboxylic acids is 1. The predicted molar refractivity (Wildman–Crippen MR) is 76.7 cm³/mol. The van der Waals surface area contributed by atoms with E-state index in [2.05, 4.69) is 0 Å². The molecular formula is C14H21NO3S. The van der Waals surface area contributed by atoms with Crippen molar-refractivity contribution in [3.05, 3.63) is 35.9 Å². The van der Waals surface area contributed by atoms with Crippen LogP contribution in [0.1, 0.15) is 37.6 Å². The molecule has 1 aromatic rings. The number of nitrogens with zero attached hydrogens (tertiary/aromatic N) is 1. The maximum atomic E-state index is 12.3. The highest BCUT2D eigenvalue weighted by Gasteiger charge is 2.29. The van der Waals surface area contributed by atoms with Gasteiger partial charge in [-0.15, -0.1) is 0 Å². The molecule has 0 aromatic heterocycles. The molecule has 19 heavy (non-hydrogen) atoms. The largest absolute Gasteiger partial charge is 0.292 e. The van der Waals surface area contributed by atoms with Crippen LogP contribution >= 0.6 is 0 Å². The number of sulfonamides is 1. The summed E-state index contributed by atoms with van der Waals surface area (Å²) in [7, 11) is -3.36. The fraction of sp³-hybridized carbons (Fsp3) is 0.500. The highest BCUT2D eigenvalue weighted by molar-refractivity contribution is 7.89. The topological polar surface area (TPSA) is 54.5 Å². The molecule has 0 aliphatic carbocycles. The zero-order valence-corrected chi connectivity index (χ0v) is 12.5. The highest BCUT2D eigenvalue weighted by Crippen LogP contribution is 2.14. The summed E-state index contributed by atoms with van der Waals surface area (Å²) >= 11 is 0. The molecule has 1 rings (SSSR count). The van der Waals surface area contributed by atoms with Gasteiger partial charge in [-0.1, -0.05) is 44.2 Å². The fourth-order valence-corrected chi connectivity index (χ4v) is 3.78. The Bertz CT molecular complexity index is 511. The van der Waals surface area contributed by atoms with Crippen molar-refractivity contribution in [3.63, 3.8) is 0 Å². The lowest BCUT2D eigenvalue weighted by Crippen LogP contribution is -2.44. The number of hydrogen-bond donors (Lipinski definition) is 0. The minimum Gasteiger partial charge on any atom is -0.292 e. The van der Waals surface area contributed by atoms with Crippen molar-refractivity contribution in [1.29, 1.82) is 0 Å². The van der Waals surface area contributed by atoms with Gasteiger partial charge in [-0.05, 0) is 13.3 Å². The van der Waals surface area contributed by atoms with E-state index in [4.69, 9.17) is 0 Å². The van der Waals surface area contributed by atoms with Crippen LogP contribution in [-0.4, -0.2) is 36.8 Å². The summed E-state index contributed by atoms with van der Waals surface area (Å²) in [6, 6.07) is 8.13. The molecule has 0 fully saturated rings. The lowest BCUT2D eigenvalue weighted by atomic mass is 10.1. The van der Waals surface area contributed by atoms with Gasteiger partial charge in [0.15, 0.2) is 5.78 Å². The van der Waals surface area contributed by atoms with Crippen molar-refractivity contribution in [3.8, 4) is 0 Å². The van der Waals surface area contributed by atoms with E-state index in [-0.39, 0.29) is 11.5 Å². The quantitative estimate of drug-likeness (QED) is 0.722. The SMILES string of the molecule is CCCS(=O)(=O)N(CC)[C@@H](C)C(=O)c1ccccc1. The Balaban J connectivity index is 2.97. The number of likely N-dealkylation sites (N-methyl/N-ethyl adjacent to an activating group) is 1. The van der Waals surface area contributed by atoms with E-state index in [1.165, 1.54) is 4.31 Å². The number of carbonyl (C=O) groups is 1. The molecule has 0 unspecified atom stereocenters. The fourth-order valence-electron chi connectivity index (χ4n) is 2.06. The second kappa shape index (κ2) is 6.82. The molecule has 0 spiro atoms. The van der Waals surface area contributed by atoms with Crippen molar-refractivity contribution < 1.29 is 13.2 Å². The summed E-state index contributed by atoms with van der Waals surface area (Å²) in [5, 5.41) is 0. The molecule has 0 bridgehead atoms. The molecule has 0 heterocycles. The molecule has 0 N–H and O–H groups in total. The summed E-state index contributed by atoms with van der Waals surface area (Å²) in [5.41, 5.74) is 0.542. The zero-order chi connectivity index (χ0) is 14.5. The van der Waals surface area contributed by atoms with Crippen molar-refractivity contribution in [1.82, 2.24) is 4.31 Å². The Morgan fingerprint density at radius 1 is 1.21 bits per heavy atom. The van der Waals surface area contributed by atoms with E-state index >= 15 is 0 Å². The molecule has 1 aromatic carbocycles. The molecule has 0 saturated heterocycles. The predicted octanol–water partition coefficient (Wildman–Crippen LogP) is 2.32. The zero-order valence-electron chi connectivity index (χ0n) is 11.7. The summed E-state index contributed by atoms with van der Waals surface area (Å²) in [6.07, 6.45) is 0.547. The van der Waals surface area contributed by atoms with Gasteiger partial charge in [-0.2, -0.15) is 4.31 Å². The summed E-state index contributed by atoms with van der Waals surface area (Å²) < 4.78 is 25.5. The normalized spacial score (nSPS) is 13.5. The molecule has 0 radical (unpaired) electrons. The second-order valence-electron chi connectivity index (χ2n) is 4.43.